The molecule has 0 bridgehead atoms. The Morgan fingerprint density at radius 3 is 2.86 bits per heavy atom. The number of aryl methyl sites for hydroxylation is 1. The summed E-state index contributed by atoms with van der Waals surface area (Å²) in [5, 5.41) is 4.66. The molecule has 3 heteroatoms. The Labute approximate surface area is 89.8 Å². The first-order valence-corrected chi connectivity index (χ1v) is 6.18. The first-order chi connectivity index (χ1) is 6.74. The second kappa shape index (κ2) is 3.99. The molecule has 0 aromatic carbocycles. The molecule has 0 aliphatic heterocycles. The Balaban J connectivity index is 1.90. The molecular formula is C11H18N2S. The van der Waals surface area contributed by atoms with E-state index >= 15 is 0 Å². The fraction of sp³-hybridized carbons (Fsp3) is 0.727. The van der Waals surface area contributed by atoms with Crippen molar-refractivity contribution < 1.29 is 0 Å². The molecule has 0 saturated heterocycles. The van der Waals surface area contributed by atoms with E-state index in [-0.39, 0.29) is 0 Å². The van der Waals surface area contributed by atoms with Crippen LogP contribution in [0, 0.1) is 12.3 Å². The summed E-state index contributed by atoms with van der Waals surface area (Å²) in [7, 11) is 0. The third kappa shape index (κ3) is 2.34. The van der Waals surface area contributed by atoms with Crippen molar-refractivity contribution in [2.45, 2.75) is 33.1 Å². The van der Waals surface area contributed by atoms with Crippen LogP contribution in [-0.2, 0) is 6.42 Å². The Morgan fingerprint density at radius 1 is 1.57 bits per heavy atom. The Morgan fingerprint density at radius 2 is 2.36 bits per heavy atom. The van der Waals surface area contributed by atoms with Gasteiger partial charge < -0.3 is 5.32 Å². The molecule has 1 aromatic heterocycles. The summed E-state index contributed by atoms with van der Waals surface area (Å²) in [6.45, 7) is 6.52. The molecule has 1 saturated carbocycles. The Kier molecular flexibility index (Phi) is 2.88. The van der Waals surface area contributed by atoms with Crippen LogP contribution in [0.1, 0.15) is 29.7 Å². The van der Waals surface area contributed by atoms with E-state index in [9.17, 15) is 0 Å². The highest BCUT2D eigenvalue weighted by atomic mass is 32.1. The molecule has 14 heavy (non-hydrogen) atoms. The molecule has 1 aliphatic carbocycles. The quantitative estimate of drug-likeness (QED) is 0.807. The van der Waals surface area contributed by atoms with E-state index in [0.29, 0.717) is 5.41 Å². The van der Waals surface area contributed by atoms with Crippen molar-refractivity contribution >= 4 is 11.3 Å². The van der Waals surface area contributed by atoms with Crippen LogP contribution in [-0.4, -0.2) is 18.1 Å². The molecule has 1 heterocycles. The number of hydrogen-bond acceptors (Lipinski definition) is 3. The van der Waals surface area contributed by atoms with Crippen molar-refractivity contribution in [3.63, 3.8) is 0 Å². The minimum atomic E-state index is 0.578. The normalized spacial score (nSPS) is 18.4. The van der Waals surface area contributed by atoms with E-state index in [1.807, 2.05) is 17.5 Å². The summed E-state index contributed by atoms with van der Waals surface area (Å²) in [6.07, 6.45) is 6.05. The number of rotatable bonds is 5. The Hall–Kier alpha value is -0.410. The predicted octanol–water partition coefficient (Wildman–Crippen LogP) is 2.38. The lowest BCUT2D eigenvalue weighted by atomic mass is 10.0. The molecule has 0 atom stereocenters. The van der Waals surface area contributed by atoms with Crippen LogP contribution < -0.4 is 5.32 Å². The first kappa shape index (κ1) is 10.1. The van der Waals surface area contributed by atoms with Gasteiger partial charge in [0.15, 0.2) is 0 Å². The van der Waals surface area contributed by atoms with Gasteiger partial charge in [-0.2, -0.15) is 0 Å². The van der Waals surface area contributed by atoms with Gasteiger partial charge in [0.25, 0.3) is 0 Å². The van der Waals surface area contributed by atoms with Crippen LogP contribution >= 0.6 is 11.3 Å². The predicted molar refractivity (Wildman–Crippen MR) is 60.8 cm³/mol. The molecule has 1 N–H and O–H groups in total. The highest BCUT2D eigenvalue weighted by Gasteiger charge is 2.42. The second-order valence-corrected chi connectivity index (χ2v) is 5.62. The minimum Gasteiger partial charge on any atom is -0.316 e. The van der Waals surface area contributed by atoms with Crippen LogP contribution in [0.4, 0.5) is 0 Å². The number of aromatic nitrogens is 1. The lowest BCUT2D eigenvalue weighted by Crippen LogP contribution is -2.24. The maximum absolute atomic E-state index is 4.31. The summed E-state index contributed by atoms with van der Waals surface area (Å²) in [5.74, 6) is 0. The monoisotopic (exact) mass is 210 g/mol. The standard InChI is InChI=1S/C11H18N2S/c1-3-12-8-11(4-5-11)6-10-7-13-9(2)14-10/h7,12H,3-6,8H2,1-2H3. The van der Waals surface area contributed by atoms with Crippen LogP contribution in [0.2, 0.25) is 0 Å². The van der Waals surface area contributed by atoms with Crippen LogP contribution in [0.5, 0.6) is 0 Å². The molecule has 0 amide bonds. The van der Waals surface area contributed by atoms with Crippen molar-refractivity contribution in [2.24, 2.45) is 5.41 Å². The zero-order valence-electron chi connectivity index (χ0n) is 8.97. The van der Waals surface area contributed by atoms with Gasteiger partial charge in [0.05, 0.1) is 5.01 Å². The second-order valence-electron chi connectivity index (χ2n) is 4.30. The van der Waals surface area contributed by atoms with Gasteiger partial charge in [0.1, 0.15) is 0 Å². The largest absolute Gasteiger partial charge is 0.316 e. The van der Waals surface area contributed by atoms with E-state index in [1.165, 1.54) is 35.7 Å². The van der Waals surface area contributed by atoms with Gasteiger partial charge >= 0.3 is 0 Å². The molecule has 0 unspecified atom stereocenters. The smallest absolute Gasteiger partial charge is 0.0896 e. The molecule has 0 radical (unpaired) electrons. The van der Waals surface area contributed by atoms with Crippen molar-refractivity contribution in [1.82, 2.24) is 10.3 Å². The SMILES string of the molecule is CCNCC1(Cc2cnc(C)s2)CC1. The molecule has 78 valence electrons. The molecule has 1 fully saturated rings. The topological polar surface area (TPSA) is 24.9 Å². The third-order valence-electron chi connectivity index (χ3n) is 2.93. The third-order valence-corrected chi connectivity index (χ3v) is 3.84. The summed E-state index contributed by atoms with van der Waals surface area (Å²) in [6, 6.07) is 0. The van der Waals surface area contributed by atoms with E-state index < -0.39 is 0 Å². The van der Waals surface area contributed by atoms with Crippen molar-refractivity contribution in [1.29, 1.82) is 0 Å². The van der Waals surface area contributed by atoms with Gasteiger partial charge in [0, 0.05) is 17.6 Å². The summed E-state index contributed by atoms with van der Waals surface area (Å²) < 4.78 is 0. The van der Waals surface area contributed by atoms with Gasteiger partial charge in [-0.25, -0.2) is 4.98 Å². The summed E-state index contributed by atoms with van der Waals surface area (Å²) >= 11 is 1.85. The summed E-state index contributed by atoms with van der Waals surface area (Å²) in [5.41, 5.74) is 0.578. The maximum Gasteiger partial charge on any atom is 0.0896 e. The van der Waals surface area contributed by atoms with Crippen molar-refractivity contribution in [3.8, 4) is 0 Å². The van der Waals surface area contributed by atoms with Crippen LogP contribution in [0.15, 0.2) is 6.20 Å². The lowest BCUT2D eigenvalue weighted by molar-refractivity contribution is 0.466. The highest BCUT2D eigenvalue weighted by Crippen LogP contribution is 2.48. The minimum absolute atomic E-state index is 0.578. The van der Waals surface area contributed by atoms with Gasteiger partial charge in [-0.05, 0) is 38.1 Å². The lowest BCUT2D eigenvalue weighted by Gasteiger charge is -2.13. The number of nitrogens with one attached hydrogen (secondary N) is 1. The van der Waals surface area contributed by atoms with E-state index in [0.717, 1.165) is 6.54 Å². The molecule has 2 rings (SSSR count). The van der Waals surface area contributed by atoms with Gasteiger partial charge in [-0.1, -0.05) is 6.92 Å². The highest BCUT2D eigenvalue weighted by molar-refractivity contribution is 7.11. The van der Waals surface area contributed by atoms with Crippen LogP contribution in [0.3, 0.4) is 0 Å². The molecule has 1 aliphatic rings. The average molecular weight is 210 g/mol. The molecular weight excluding hydrogens is 192 g/mol. The maximum atomic E-state index is 4.31. The van der Waals surface area contributed by atoms with Crippen molar-refractivity contribution in [3.05, 3.63) is 16.1 Å². The van der Waals surface area contributed by atoms with E-state index in [2.05, 4.69) is 24.1 Å². The van der Waals surface area contributed by atoms with Gasteiger partial charge in [-0.15, -0.1) is 11.3 Å². The molecule has 1 aromatic rings. The zero-order valence-corrected chi connectivity index (χ0v) is 9.78. The van der Waals surface area contributed by atoms with Gasteiger partial charge in [-0.3, -0.25) is 0 Å². The van der Waals surface area contributed by atoms with Crippen molar-refractivity contribution in [2.75, 3.05) is 13.1 Å². The average Bonchev–Trinajstić information content (AvgIpc) is 2.81. The molecule has 0 spiro atoms. The fourth-order valence-electron chi connectivity index (χ4n) is 1.84. The molecule has 2 nitrogen and oxygen atoms in total. The zero-order chi connectivity index (χ0) is 10.0. The number of nitrogens with zero attached hydrogens (tertiary/aromatic N) is 1. The number of thiazole rings is 1. The Bertz CT molecular complexity index is 302. The summed E-state index contributed by atoms with van der Waals surface area (Å²) in [4.78, 5) is 5.76. The first-order valence-electron chi connectivity index (χ1n) is 5.36. The number of hydrogen-bond donors (Lipinski definition) is 1. The fourth-order valence-corrected chi connectivity index (χ4v) is 2.81. The van der Waals surface area contributed by atoms with Gasteiger partial charge in [0.2, 0.25) is 0 Å². The van der Waals surface area contributed by atoms with Crippen LogP contribution in [0.25, 0.3) is 0 Å². The van der Waals surface area contributed by atoms with E-state index in [1.54, 1.807) is 0 Å². The van der Waals surface area contributed by atoms with E-state index in [4.69, 9.17) is 0 Å².